The van der Waals surface area contributed by atoms with Crippen molar-refractivity contribution in [2.45, 2.75) is 17.4 Å². The van der Waals surface area contributed by atoms with Gasteiger partial charge in [-0.15, -0.1) is 0 Å². The maximum absolute atomic E-state index is 14.2. The van der Waals surface area contributed by atoms with Crippen LogP contribution in [0.4, 0.5) is 10.1 Å². The molecular formula is C15H12BrFN2O4S. The van der Waals surface area contributed by atoms with E-state index in [0.717, 1.165) is 10.4 Å². The Morgan fingerprint density at radius 1 is 1.25 bits per heavy atom. The van der Waals surface area contributed by atoms with E-state index in [-0.39, 0.29) is 12.1 Å². The van der Waals surface area contributed by atoms with E-state index >= 15 is 0 Å². The van der Waals surface area contributed by atoms with Gasteiger partial charge in [-0.1, -0.05) is 34.1 Å². The van der Waals surface area contributed by atoms with Crippen LogP contribution in [-0.2, 0) is 15.6 Å². The molecule has 1 fully saturated rings. The first-order valence-corrected chi connectivity index (χ1v) is 9.13. The van der Waals surface area contributed by atoms with Crippen molar-refractivity contribution in [3.8, 4) is 0 Å². The summed E-state index contributed by atoms with van der Waals surface area (Å²) < 4.78 is 41.3. The second kappa shape index (κ2) is 5.61. The van der Waals surface area contributed by atoms with Gasteiger partial charge in [0.2, 0.25) is 0 Å². The van der Waals surface area contributed by atoms with E-state index in [9.17, 15) is 22.9 Å². The van der Waals surface area contributed by atoms with Crippen molar-refractivity contribution in [1.29, 1.82) is 0 Å². The summed E-state index contributed by atoms with van der Waals surface area (Å²) >= 11 is 3.24. The lowest BCUT2D eigenvalue weighted by atomic mass is 10.0. The summed E-state index contributed by atoms with van der Waals surface area (Å²) in [6.07, 6.45) is 0. The number of rotatable bonds is 4. The average Bonchev–Trinajstić information content (AvgIpc) is 3.20. The molecule has 3 rings (SSSR count). The van der Waals surface area contributed by atoms with Crippen LogP contribution in [0.3, 0.4) is 0 Å². The lowest BCUT2D eigenvalue weighted by Gasteiger charge is -2.16. The normalized spacial score (nSPS) is 23.0. The maximum Gasteiger partial charge on any atom is 0.289 e. The first-order valence-electron chi connectivity index (χ1n) is 6.90. The van der Waals surface area contributed by atoms with Gasteiger partial charge in [0, 0.05) is 22.6 Å². The number of nitro benzene ring substituents is 1. The minimum atomic E-state index is -4.13. The number of hydrogen-bond donors (Lipinski definition) is 0. The van der Waals surface area contributed by atoms with E-state index in [0.29, 0.717) is 4.47 Å². The third-order valence-electron chi connectivity index (χ3n) is 4.03. The largest absolute Gasteiger partial charge is 0.289 e. The minimum absolute atomic E-state index is 0.0426. The van der Waals surface area contributed by atoms with Crippen molar-refractivity contribution in [2.75, 3.05) is 6.54 Å². The summed E-state index contributed by atoms with van der Waals surface area (Å²) in [4.78, 5) is 9.97. The molecular weight excluding hydrogens is 403 g/mol. The molecule has 126 valence electrons. The molecule has 0 aliphatic carbocycles. The summed E-state index contributed by atoms with van der Waals surface area (Å²) in [5.74, 6) is -0.535. The molecule has 1 unspecified atom stereocenters. The van der Waals surface area contributed by atoms with Crippen LogP contribution in [-0.4, -0.2) is 24.2 Å². The van der Waals surface area contributed by atoms with Crippen molar-refractivity contribution in [3.05, 3.63) is 68.4 Å². The molecule has 0 spiro atoms. The molecule has 1 aliphatic heterocycles. The van der Waals surface area contributed by atoms with Crippen molar-refractivity contribution < 1.29 is 17.7 Å². The minimum Gasteiger partial charge on any atom is -0.258 e. The molecule has 0 N–H and O–H groups in total. The zero-order chi connectivity index (χ0) is 17.7. The molecule has 2 aromatic carbocycles. The van der Waals surface area contributed by atoms with E-state index in [1.807, 2.05) is 0 Å². The number of nitrogens with zero attached hydrogens (tertiary/aromatic N) is 2. The van der Waals surface area contributed by atoms with Crippen molar-refractivity contribution in [1.82, 2.24) is 4.31 Å². The number of sulfonamides is 1. The third kappa shape index (κ3) is 2.52. The Morgan fingerprint density at radius 3 is 2.54 bits per heavy atom. The van der Waals surface area contributed by atoms with Crippen LogP contribution >= 0.6 is 15.9 Å². The van der Waals surface area contributed by atoms with E-state index in [1.54, 1.807) is 13.0 Å². The fraction of sp³-hybridized carbons (Fsp3) is 0.200. The van der Waals surface area contributed by atoms with Crippen LogP contribution in [0.5, 0.6) is 0 Å². The molecule has 0 aromatic heterocycles. The van der Waals surface area contributed by atoms with Crippen LogP contribution in [0.1, 0.15) is 12.5 Å². The standard InChI is InChI=1S/C15H12BrFN2O4S/c1-15(14-10(16)5-4-6-11(14)17)9-18(15)24(22,23)13-8-3-2-7-12(13)19(20)21/h2-8H,9H2,1H3/t15-,18?/m0/s1. The van der Waals surface area contributed by atoms with E-state index in [4.69, 9.17) is 0 Å². The number of para-hydroxylation sites is 1. The average molecular weight is 415 g/mol. The lowest BCUT2D eigenvalue weighted by Crippen LogP contribution is -2.22. The molecule has 0 amide bonds. The molecule has 0 saturated carbocycles. The first-order chi connectivity index (χ1) is 11.2. The van der Waals surface area contributed by atoms with Gasteiger partial charge in [-0.3, -0.25) is 10.1 Å². The van der Waals surface area contributed by atoms with Crippen LogP contribution < -0.4 is 0 Å². The van der Waals surface area contributed by atoms with Gasteiger partial charge in [0.1, 0.15) is 5.82 Å². The van der Waals surface area contributed by atoms with E-state index in [2.05, 4.69) is 15.9 Å². The fourth-order valence-corrected chi connectivity index (χ4v) is 5.46. The molecule has 2 aromatic rings. The number of nitro groups is 1. The Balaban J connectivity index is 2.08. The highest BCUT2D eigenvalue weighted by atomic mass is 79.9. The SMILES string of the molecule is C[C@@]1(c2c(F)cccc2Br)CN1S(=O)(=O)c1ccccc1[N+](=O)[O-]. The van der Waals surface area contributed by atoms with Gasteiger partial charge >= 0.3 is 0 Å². The lowest BCUT2D eigenvalue weighted by molar-refractivity contribution is -0.387. The molecule has 9 heteroatoms. The molecule has 1 saturated heterocycles. The first kappa shape index (κ1) is 17.0. The van der Waals surface area contributed by atoms with Crippen LogP contribution in [0, 0.1) is 15.9 Å². The van der Waals surface area contributed by atoms with Gasteiger partial charge in [0.25, 0.3) is 15.7 Å². The second-order valence-corrected chi connectivity index (χ2v) is 8.29. The Kier molecular flexibility index (Phi) is 3.97. The monoisotopic (exact) mass is 414 g/mol. The number of halogens is 2. The topological polar surface area (TPSA) is 80.3 Å². The molecule has 1 heterocycles. The summed E-state index contributed by atoms with van der Waals surface area (Å²) in [6, 6.07) is 9.51. The second-order valence-electron chi connectivity index (χ2n) is 5.61. The summed E-state index contributed by atoms with van der Waals surface area (Å²) in [5.41, 5.74) is -1.38. The van der Waals surface area contributed by atoms with E-state index < -0.39 is 36.9 Å². The van der Waals surface area contributed by atoms with Crippen molar-refractivity contribution in [2.24, 2.45) is 0 Å². The maximum atomic E-state index is 14.2. The highest BCUT2D eigenvalue weighted by molar-refractivity contribution is 9.10. The van der Waals surface area contributed by atoms with Gasteiger partial charge in [0.05, 0.1) is 10.5 Å². The zero-order valence-electron chi connectivity index (χ0n) is 12.4. The zero-order valence-corrected chi connectivity index (χ0v) is 14.8. The predicted molar refractivity (Wildman–Crippen MR) is 88.4 cm³/mol. The quantitative estimate of drug-likeness (QED) is 0.436. The highest BCUT2D eigenvalue weighted by Gasteiger charge is 2.59. The van der Waals surface area contributed by atoms with Crippen molar-refractivity contribution in [3.63, 3.8) is 0 Å². The summed E-state index contributed by atoms with van der Waals surface area (Å²) in [6.45, 7) is 1.63. The molecule has 1 aliphatic rings. The van der Waals surface area contributed by atoms with Crippen LogP contribution in [0.2, 0.25) is 0 Å². The Hall–Kier alpha value is -1.84. The van der Waals surface area contributed by atoms with Crippen LogP contribution in [0.25, 0.3) is 0 Å². The molecule has 2 atom stereocenters. The van der Waals surface area contributed by atoms with Gasteiger partial charge < -0.3 is 0 Å². The Bertz CT molecular complexity index is 930. The van der Waals surface area contributed by atoms with Gasteiger partial charge in [-0.2, -0.15) is 4.31 Å². The predicted octanol–water partition coefficient (Wildman–Crippen LogP) is 3.42. The van der Waals surface area contributed by atoms with Gasteiger partial charge in [-0.05, 0) is 25.1 Å². The molecule has 24 heavy (non-hydrogen) atoms. The van der Waals surface area contributed by atoms with Crippen LogP contribution in [0.15, 0.2) is 51.8 Å². The smallest absolute Gasteiger partial charge is 0.258 e. The number of benzene rings is 2. The van der Waals surface area contributed by atoms with Crippen molar-refractivity contribution >= 4 is 31.6 Å². The summed E-state index contributed by atoms with van der Waals surface area (Å²) in [5, 5.41) is 11.1. The Morgan fingerprint density at radius 2 is 1.92 bits per heavy atom. The Labute approximate surface area is 146 Å². The highest BCUT2D eigenvalue weighted by Crippen LogP contribution is 2.50. The van der Waals surface area contributed by atoms with Gasteiger partial charge in [0.15, 0.2) is 4.90 Å². The molecule has 0 radical (unpaired) electrons. The fourth-order valence-electron chi connectivity index (χ4n) is 2.76. The third-order valence-corrected chi connectivity index (χ3v) is 6.70. The van der Waals surface area contributed by atoms with E-state index in [1.165, 1.54) is 30.3 Å². The summed E-state index contributed by atoms with van der Waals surface area (Å²) in [7, 11) is -4.13. The number of hydrogen-bond acceptors (Lipinski definition) is 4. The molecule has 0 bridgehead atoms. The molecule has 6 nitrogen and oxygen atoms in total. The van der Waals surface area contributed by atoms with Gasteiger partial charge in [-0.25, -0.2) is 12.8 Å².